The molecular formula is C14H21BrN2O2. The monoisotopic (exact) mass is 328 g/mol. The van der Waals surface area contributed by atoms with Gasteiger partial charge in [-0.05, 0) is 35.2 Å². The van der Waals surface area contributed by atoms with Gasteiger partial charge in [-0.25, -0.2) is 4.98 Å². The first-order valence-corrected chi connectivity index (χ1v) is 7.76. The van der Waals surface area contributed by atoms with Crippen LogP contribution in [-0.2, 0) is 16.8 Å². The molecule has 106 valence electrons. The third-order valence-corrected chi connectivity index (χ3v) is 4.72. The van der Waals surface area contributed by atoms with Crippen molar-refractivity contribution in [1.82, 2.24) is 9.97 Å². The summed E-state index contributed by atoms with van der Waals surface area (Å²) in [4.78, 5) is 19.6. The molecule has 0 spiro atoms. The summed E-state index contributed by atoms with van der Waals surface area (Å²) in [5.74, 6) is 0.700. The summed E-state index contributed by atoms with van der Waals surface area (Å²) < 4.78 is 6.30. The third kappa shape index (κ3) is 2.92. The van der Waals surface area contributed by atoms with Crippen LogP contribution in [0.4, 0.5) is 0 Å². The predicted octanol–water partition coefficient (Wildman–Crippen LogP) is 3.29. The van der Waals surface area contributed by atoms with Gasteiger partial charge < -0.3 is 9.72 Å². The normalized spacial score (nSPS) is 18.5. The molecule has 1 N–H and O–H groups in total. The van der Waals surface area contributed by atoms with E-state index in [2.05, 4.69) is 32.8 Å². The molecule has 19 heavy (non-hydrogen) atoms. The Morgan fingerprint density at radius 2 is 2.05 bits per heavy atom. The average Bonchev–Trinajstić information content (AvgIpc) is 2.44. The maximum atomic E-state index is 12.0. The Morgan fingerprint density at radius 1 is 1.37 bits per heavy atom. The molecule has 0 aliphatic heterocycles. The van der Waals surface area contributed by atoms with Crippen molar-refractivity contribution in [3.8, 4) is 0 Å². The number of hydrogen-bond donors (Lipinski definition) is 1. The van der Waals surface area contributed by atoms with E-state index >= 15 is 0 Å². The van der Waals surface area contributed by atoms with Crippen molar-refractivity contribution in [2.45, 2.75) is 57.5 Å². The van der Waals surface area contributed by atoms with Gasteiger partial charge in [-0.2, -0.15) is 0 Å². The van der Waals surface area contributed by atoms with Crippen LogP contribution in [0.5, 0.6) is 0 Å². The van der Waals surface area contributed by atoms with Crippen LogP contribution >= 0.6 is 15.9 Å². The van der Waals surface area contributed by atoms with Crippen LogP contribution in [-0.4, -0.2) is 17.1 Å². The van der Waals surface area contributed by atoms with Gasteiger partial charge in [-0.1, -0.05) is 32.6 Å². The number of methoxy groups -OCH3 is 1. The number of ether oxygens (including phenoxy) is 1. The lowest BCUT2D eigenvalue weighted by Crippen LogP contribution is -2.35. The van der Waals surface area contributed by atoms with E-state index in [4.69, 9.17) is 4.74 Å². The number of nitrogens with one attached hydrogen (secondary N) is 1. The van der Waals surface area contributed by atoms with Crippen molar-refractivity contribution in [3.63, 3.8) is 0 Å². The molecule has 4 nitrogen and oxygen atoms in total. The number of aromatic amines is 1. The molecule has 1 aliphatic carbocycles. The summed E-state index contributed by atoms with van der Waals surface area (Å²) in [6.07, 6.45) is 7.10. The molecule has 0 bridgehead atoms. The predicted molar refractivity (Wildman–Crippen MR) is 78.3 cm³/mol. The molecule has 0 amide bonds. The van der Waals surface area contributed by atoms with E-state index in [1.54, 1.807) is 7.11 Å². The van der Waals surface area contributed by atoms with Gasteiger partial charge in [0.05, 0.1) is 5.69 Å². The Hall–Kier alpha value is -0.680. The van der Waals surface area contributed by atoms with Gasteiger partial charge in [0.25, 0.3) is 5.56 Å². The second-order valence-corrected chi connectivity index (χ2v) is 5.98. The van der Waals surface area contributed by atoms with Crippen molar-refractivity contribution in [1.29, 1.82) is 0 Å². The Morgan fingerprint density at radius 3 is 2.63 bits per heavy atom. The maximum Gasteiger partial charge on any atom is 0.265 e. The minimum Gasteiger partial charge on any atom is -0.370 e. The Bertz CT molecular complexity index is 493. The summed E-state index contributed by atoms with van der Waals surface area (Å²) in [6, 6.07) is 0. The van der Waals surface area contributed by atoms with Gasteiger partial charge in [0.15, 0.2) is 0 Å². The lowest BCUT2D eigenvalue weighted by Gasteiger charge is -2.35. The summed E-state index contributed by atoms with van der Waals surface area (Å²) in [5.41, 5.74) is 0.333. The number of nitrogens with zero attached hydrogens (tertiary/aromatic N) is 1. The summed E-state index contributed by atoms with van der Waals surface area (Å²) in [5, 5.41) is 0. The molecule has 1 aliphatic rings. The largest absolute Gasteiger partial charge is 0.370 e. The Labute approximate surface area is 122 Å². The van der Waals surface area contributed by atoms with Crippen molar-refractivity contribution < 1.29 is 4.74 Å². The van der Waals surface area contributed by atoms with Crippen LogP contribution in [0.1, 0.15) is 57.0 Å². The van der Waals surface area contributed by atoms with E-state index in [1.807, 2.05) is 0 Å². The van der Waals surface area contributed by atoms with Crippen LogP contribution in [0.2, 0.25) is 0 Å². The van der Waals surface area contributed by atoms with Gasteiger partial charge in [0.1, 0.15) is 15.9 Å². The van der Waals surface area contributed by atoms with E-state index in [0.717, 1.165) is 44.2 Å². The number of H-pyrrole nitrogens is 1. The van der Waals surface area contributed by atoms with Gasteiger partial charge in [-0.3, -0.25) is 4.79 Å². The molecule has 0 radical (unpaired) electrons. The lowest BCUT2D eigenvalue weighted by molar-refractivity contribution is -0.0518. The summed E-state index contributed by atoms with van der Waals surface area (Å²) >= 11 is 3.33. The second-order valence-electron chi connectivity index (χ2n) is 5.18. The van der Waals surface area contributed by atoms with E-state index in [0.29, 0.717) is 10.3 Å². The molecule has 5 heteroatoms. The molecular weight excluding hydrogens is 308 g/mol. The molecule has 1 aromatic heterocycles. The summed E-state index contributed by atoms with van der Waals surface area (Å²) in [7, 11) is 1.72. The topological polar surface area (TPSA) is 55.0 Å². The molecule has 0 atom stereocenters. The first-order chi connectivity index (χ1) is 9.13. The van der Waals surface area contributed by atoms with Gasteiger partial charge in [0.2, 0.25) is 0 Å². The van der Waals surface area contributed by atoms with Crippen LogP contribution in [0, 0.1) is 0 Å². The van der Waals surface area contributed by atoms with Crippen molar-refractivity contribution >= 4 is 15.9 Å². The van der Waals surface area contributed by atoms with Crippen LogP contribution in [0.3, 0.4) is 0 Å². The molecule has 0 saturated heterocycles. The van der Waals surface area contributed by atoms with E-state index < -0.39 is 5.60 Å². The highest BCUT2D eigenvalue weighted by atomic mass is 79.9. The molecule has 1 aromatic rings. The SMILES string of the molecule is CCCc1nc(C2(OC)CCCCC2)[nH]c(=O)c1Br. The van der Waals surface area contributed by atoms with Crippen LogP contribution in [0.15, 0.2) is 9.27 Å². The first kappa shape index (κ1) is 14.7. The Kier molecular flexibility index (Phi) is 4.79. The minimum atomic E-state index is -0.402. The van der Waals surface area contributed by atoms with Crippen LogP contribution < -0.4 is 5.56 Å². The highest BCUT2D eigenvalue weighted by Crippen LogP contribution is 2.38. The zero-order valence-electron chi connectivity index (χ0n) is 11.6. The molecule has 1 heterocycles. The molecule has 2 rings (SSSR count). The smallest absolute Gasteiger partial charge is 0.265 e. The first-order valence-electron chi connectivity index (χ1n) is 6.97. The van der Waals surface area contributed by atoms with E-state index in [-0.39, 0.29) is 5.56 Å². The average molecular weight is 329 g/mol. The molecule has 1 saturated carbocycles. The summed E-state index contributed by atoms with van der Waals surface area (Å²) in [6.45, 7) is 2.09. The molecule has 0 aromatic carbocycles. The van der Waals surface area contributed by atoms with Crippen molar-refractivity contribution in [3.05, 3.63) is 26.3 Å². The third-order valence-electron chi connectivity index (χ3n) is 3.90. The maximum absolute atomic E-state index is 12.0. The fourth-order valence-corrected chi connectivity index (χ4v) is 3.17. The number of hydrogen-bond acceptors (Lipinski definition) is 3. The fourth-order valence-electron chi connectivity index (χ4n) is 2.78. The zero-order valence-corrected chi connectivity index (χ0v) is 13.2. The van der Waals surface area contributed by atoms with E-state index in [1.165, 1.54) is 6.42 Å². The van der Waals surface area contributed by atoms with E-state index in [9.17, 15) is 4.79 Å². The van der Waals surface area contributed by atoms with Gasteiger partial charge in [0, 0.05) is 7.11 Å². The number of aryl methyl sites for hydroxylation is 1. The lowest BCUT2D eigenvalue weighted by atomic mass is 9.84. The second kappa shape index (κ2) is 6.18. The number of aromatic nitrogens is 2. The van der Waals surface area contributed by atoms with Crippen molar-refractivity contribution in [2.24, 2.45) is 0 Å². The highest BCUT2D eigenvalue weighted by Gasteiger charge is 2.36. The molecule has 0 unspecified atom stereocenters. The quantitative estimate of drug-likeness (QED) is 0.922. The highest BCUT2D eigenvalue weighted by molar-refractivity contribution is 9.10. The minimum absolute atomic E-state index is 0.101. The number of rotatable bonds is 4. The Balaban J connectivity index is 2.45. The molecule has 1 fully saturated rings. The number of halogens is 1. The van der Waals surface area contributed by atoms with Crippen molar-refractivity contribution in [2.75, 3.05) is 7.11 Å². The van der Waals surface area contributed by atoms with Crippen LogP contribution in [0.25, 0.3) is 0 Å². The fraction of sp³-hybridized carbons (Fsp3) is 0.714. The standard InChI is InChI=1S/C14H21BrN2O2/c1-3-7-10-11(15)12(18)17-13(16-10)14(19-2)8-5-4-6-9-14/h3-9H2,1-2H3,(H,16,17,18). The zero-order chi connectivity index (χ0) is 13.9. The van der Waals surface area contributed by atoms with Gasteiger partial charge >= 0.3 is 0 Å². The van der Waals surface area contributed by atoms with Gasteiger partial charge in [-0.15, -0.1) is 0 Å².